The van der Waals surface area contributed by atoms with E-state index in [9.17, 15) is 20.0 Å². The van der Waals surface area contributed by atoms with Gasteiger partial charge in [0, 0.05) is 12.1 Å². The molecule has 1 heterocycles. The number of rotatable bonds is 5. The first-order valence-corrected chi connectivity index (χ1v) is 6.78. The third-order valence-electron chi connectivity index (χ3n) is 3.67. The minimum atomic E-state index is -0.863. The summed E-state index contributed by atoms with van der Waals surface area (Å²) >= 11 is 0. The van der Waals surface area contributed by atoms with E-state index < -0.39 is 16.9 Å². The van der Waals surface area contributed by atoms with E-state index in [0.29, 0.717) is 12.0 Å². The fourth-order valence-corrected chi connectivity index (χ4v) is 2.62. The second-order valence-corrected chi connectivity index (χ2v) is 5.08. The molecule has 0 aromatic heterocycles. The molecular weight excluding hydrogens is 260 g/mol. The molecule has 1 N–H and O–H groups in total. The zero-order valence-corrected chi connectivity index (χ0v) is 11.2. The summed E-state index contributed by atoms with van der Waals surface area (Å²) in [7, 11) is 0. The van der Waals surface area contributed by atoms with E-state index >= 15 is 0 Å². The lowest BCUT2D eigenvalue weighted by Gasteiger charge is -2.32. The SMILES string of the molecule is O=C(O)C(Cc1cccc([N+](=O)[O-])c1)N1CCCCC1. The van der Waals surface area contributed by atoms with Gasteiger partial charge >= 0.3 is 5.97 Å². The highest BCUT2D eigenvalue weighted by Crippen LogP contribution is 2.19. The number of carboxylic acid groups (broad SMARTS) is 1. The monoisotopic (exact) mass is 278 g/mol. The Morgan fingerprint density at radius 2 is 2.05 bits per heavy atom. The zero-order chi connectivity index (χ0) is 14.5. The Kier molecular flexibility index (Phi) is 4.68. The number of hydrogen-bond donors (Lipinski definition) is 1. The maximum absolute atomic E-state index is 11.4. The average molecular weight is 278 g/mol. The van der Waals surface area contributed by atoms with Crippen LogP contribution in [0.5, 0.6) is 0 Å². The Balaban J connectivity index is 2.13. The number of aliphatic carboxylic acids is 1. The maximum Gasteiger partial charge on any atom is 0.321 e. The summed E-state index contributed by atoms with van der Waals surface area (Å²) in [5, 5.41) is 20.1. The molecule has 1 aliphatic heterocycles. The molecule has 6 heteroatoms. The van der Waals surface area contributed by atoms with E-state index in [0.717, 1.165) is 32.4 Å². The Morgan fingerprint density at radius 3 is 2.65 bits per heavy atom. The van der Waals surface area contributed by atoms with Gasteiger partial charge in [-0.25, -0.2) is 0 Å². The van der Waals surface area contributed by atoms with Crippen molar-refractivity contribution in [3.63, 3.8) is 0 Å². The van der Waals surface area contributed by atoms with E-state index in [1.807, 2.05) is 4.90 Å². The molecule has 0 saturated carbocycles. The van der Waals surface area contributed by atoms with Gasteiger partial charge in [-0.05, 0) is 37.9 Å². The van der Waals surface area contributed by atoms with Crippen LogP contribution in [-0.2, 0) is 11.2 Å². The third-order valence-corrected chi connectivity index (χ3v) is 3.67. The molecule has 1 atom stereocenters. The van der Waals surface area contributed by atoms with Gasteiger partial charge in [0.15, 0.2) is 0 Å². The summed E-state index contributed by atoms with van der Waals surface area (Å²) < 4.78 is 0. The lowest BCUT2D eigenvalue weighted by atomic mass is 10.0. The van der Waals surface area contributed by atoms with Crippen LogP contribution in [0.1, 0.15) is 24.8 Å². The van der Waals surface area contributed by atoms with Gasteiger partial charge in [-0.3, -0.25) is 19.8 Å². The Labute approximate surface area is 117 Å². The largest absolute Gasteiger partial charge is 0.480 e. The number of nitro benzene ring substituents is 1. The molecule has 20 heavy (non-hydrogen) atoms. The number of benzene rings is 1. The Bertz CT molecular complexity index is 498. The van der Waals surface area contributed by atoms with Gasteiger partial charge in [0.05, 0.1) is 4.92 Å². The fraction of sp³-hybridized carbons (Fsp3) is 0.500. The summed E-state index contributed by atoms with van der Waals surface area (Å²) in [6.07, 6.45) is 3.47. The minimum absolute atomic E-state index is 0.00489. The van der Waals surface area contributed by atoms with Gasteiger partial charge in [-0.2, -0.15) is 0 Å². The smallest absolute Gasteiger partial charge is 0.321 e. The van der Waals surface area contributed by atoms with E-state index in [1.54, 1.807) is 12.1 Å². The van der Waals surface area contributed by atoms with Crippen molar-refractivity contribution in [2.24, 2.45) is 0 Å². The molecule has 1 aromatic rings. The molecule has 1 aliphatic rings. The van der Waals surface area contributed by atoms with Gasteiger partial charge in [0.2, 0.25) is 0 Å². The number of hydrogen-bond acceptors (Lipinski definition) is 4. The summed E-state index contributed by atoms with van der Waals surface area (Å²) in [6, 6.07) is 5.62. The zero-order valence-electron chi connectivity index (χ0n) is 11.2. The summed E-state index contributed by atoms with van der Waals surface area (Å²) in [6.45, 7) is 1.57. The molecule has 0 radical (unpaired) electrons. The molecule has 0 amide bonds. The molecule has 1 aromatic carbocycles. The van der Waals surface area contributed by atoms with Crippen LogP contribution in [0, 0.1) is 10.1 Å². The van der Waals surface area contributed by atoms with E-state index in [-0.39, 0.29) is 5.69 Å². The normalized spacial score (nSPS) is 17.6. The van der Waals surface area contributed by atoms with Crippen LogP contribution in [0.25, 0.3) is 0 Å². The Morgan fingerprint density at radius 1 is 1.35 bits per heavy atom. The molecule has 1 fully saturated rings. The second kappa shape index (κ2) is 6.47. The van der Waals surface area contributed by atoms with Crippen LogP contribution < -0.4 is 0 Å². The first-order valence-electron chi connectivity index (χ1n) is 6.78. The molecule has 0 spiro atoms. The summed E-state index contributed by atoms with van der Waals surface area (Å²) in [4.78, 5) is 23.7. The van der Waals surface area contributed by atoms with Crippen LogP contribution in [0.4, 0.5) is 5.69 Å². The van der Waals surface area contributed by atoms with E-state index in [4.69, 9.17) is 0 Å². The minimum Gasteiger partial charge on any atom is -0.480 e. The number of carbonyl (C=O) groups is 1. The Hall–Kier alpha value is -1.95. The van der Waals surface area contributed by atoms with Crippen molar-refractivity contribution in [3.8, 4) is 0 Å². The van der Waals surface area contributed by atoms with Gasteiger partial charge in [-0.1, -0.05) is 18.6 Å². The van der Waals surface area contributed by atoms with Crippen molar-refractivity contribution in [2.45, 2.75) is 31.7 Å². The highest BCUT2D eigenvalue weighted by Gasteiger charge is 2.27. The van der Waals surface area contributed by atoms with Crippen molar-refractivity contribution in [3.05, 3.63) is 39.9 Å². The van der Waals surface area contributed by atoms with Crippen molar-refractivity contribution >= 4 is 11.7 Å². The van der Waals surface area contributed by atoms with Crippen molar-refractivity contribution in [1.29, 1.82) is 0 Å². The molecule has 108 valence electrons. The van der Waals surface area contributed by atoms with Crippen molar-refractivity contribution in [2.75, 3.05) is 13.1 Å². The molecule has 1 unspecified atom stereocenters. The van der Waals surface area contributed by atoms with Gasteiger partial charge < -0.3 is 5.11 Å². The molecule has 1 saturated heterocycles. The van der Waals surface area contributed by atoms with E-state index in [2.05, 4.69) is 0 Å². The second-order valence-electron chi connectivity index (χ2n) is 5.08. The first-order chi connectivity index (χ1) is 9.58. The highest BCUT2D eigenvalue weighted by molar-refractivity contribution is 5.74. The summed E-state index contributed by atoms with van der Waals surface area (Å²) in [5.41, 5.74) is 0.697. The average Bonchev–Trinajstić information content (AvgIpc) is 2.45. The van der Waals surface area contributed by atoms with Crippen molar-refractivity contribution < 1.29 is 14.8 Å². The van der Waals surface area contributed by atoms with Crippen LogP contribution in [0.3, 0.4) is 0 Å². The number of carboxylic acids is 1. The van der Waals surface area contributed by atoms with Gasteiger partial charge in [-0.15, -0.1) is 0 Å². The highest BCUT2D eigenvalue weighted by atomic mass is 16.6. The van der Waals surface area contributed by atoms with Crippen LogP contribution in [0.15, 0.2) is 24.3 Å². The maximum atomic E-state index is 11.4. The number of nitrogens with zero attached hydrogens (tertiary/aromatic N) is 2. The van der Waals surface area contributed by atoms with Crippen molar-refractivity contribution in [1.82, 2.24) is 4.90 Å². The molecule has 2 rings (SSSR count). The topological polar surface area (TPSA) is 83.7 Å². The fourth-order valence-electron chi connectivity index (χ4n) is 2.62. The predicted molar refractivity (Wildman–Crippen MR) is 73.6 cm³/mol. The standard InChI is InChI=1S/C14H18N2O4/c17-14(18)13(15-7-2-1-3-8-15)10-11-5-4-6-12(9-11)16(19)20/h4-6,9,13H,1-3,7-8,10H2,(H,17,18). The van der Waals surface area contributed by atoms with Crippen LogP contribution in [-0.4, -0.2) is 40.0 Å². The quantitative estimate of drug-likeness (QED) is 0.658. The van der Waals surface area contributed by atoms with Gasteiger partial charge in [0.1, 0.15) is 6.04 Å². The predicted octanol–water partition coefficient (Wildman–Crippen LogP) is 2.08. The number of piperidine rings is 1. The number of non-ortho nitro benzene ring substituents is 1. The van der Waals surface area contributed by atoms with Crippen LogP contribution >= 0.6 is 0 Å². The van der Waals surface area contributed by atoms with Crippen LogP contribution in [0.2, 0.25) is 0 Å². The molecular formula is C14H18N2O4. The lowest BCUT2D eigenvalue weighted by Crippen LogP contribution is -2.45. The molecule has 0 bridgehead atoms. The number of likely N-dealkylation sites (tertiary alicyclic amines) is 1. The first kappa shape index (κ1) is 14.5. The molecule has 6 nitrogen and oxygen atoms in total. The summed E-state index contributed by atoms with van der Waals surface area (Å²) in [5.74, 6) is -0.863. The number of nitro groups is 1. The van der Waals surface area contributed by atoms with Gasteiger partial charge in [0.25, 0.3) is 5.69 Å². The van der Waals surface area contributed by atoms with E-state index in [1.165, 1.54) is 12.1 Å². The lowest BCUT2D eigenvalue weighted by molar-refractivity contribution is -0.384. The third kappa shape index (κ3) is 3.54. The molecule has 0 aliphatic carbocycles.